The summed E-state index contributed by atoms with van der Waals surface area (Å²) in [5.41, 5.74) is 5.76. The van der Waals surface area contributed by atoms with Gasteiger partial charge in [-0.15, -0.1) is 0 Å². The Morgan fingerprint density at radius 3 is 2.24 bits per heavy atom. The minimum atomic E-state index is -0.468. The first-order chi connectivity index (χ1) is 10.1. The van der Waals surface area contributed by atoms with Crippen LogP contribution >= 0.6 is 23.2 Å². The number of carbonyl (C=O) groups is 2. The molecular weight excluding hydrogens is 311 g/mol. The van der Waals surface area contributed by atoms with Gasteiger partial charge in [-0.05, 0) is 29.8 Å². The Morgan fingerprint density at radius 2 is 1.57 bits per heavy atom. The van der Waals surface area contributed by atoms with E-state index < -0.39 is 5.91 Å². The van der Waals surface area contributed by atoms with E-state index in [4.69, 9.17) is 23.2 Å². The molecule has 0 heterocycles. The van der Waals surface area contributed by atoms with Gasteiger partial charge in [0.15, 0.2) is 0 Å². The Bertz CT molecular complexity index is 657. The molecule has 0 radical (unpaired) electrons. The lowest BCUT2D eigenvalue weighted by atomic mass is 10.1. The standard InChI is InChI=1S/C15H12Cl2N2O2/c16-11-7-5-10(6-8-11)9-14(20)18-19-15(21)12-3-1-2-4-13(12)17/h1-8H,9H2,(H,18,20)(H,19,21). The molecule has 0 unspecified atom stereocenters. The summed E-state index contributed by atoms with van der Waals surface area (Å²) in [4.78, 5) is 23.6. The molecule has 0 aromatic heterocycles. The van der Waals surface area contributed by atoms with Crippen molar-refractivity contribution in [3.8, 4) is 0 Å². The third kappa shape index (κ3) is 4.48. The van der Waals surface area contributed by atoms with Crippen molar-refractivity contribution in [1.82, 2.24) is 10.9 Å². The second-order valence-corrected chi connectivity index (χ2v) is 5.13. The smallest absolute Gasteiger partial charge is 0.271 e. The molecule has 0 atom stereocenters. The van der Waals surface area contributed by atoms with Gasteiger partial charge in [0, 0.05) is 5.02 Å². The average Bonchev–Trinajstić information content (AvgIpc) is 2.48. The minimum Gasteiger partial charge on any atom is -0.273 e. The molecule has 0 aliphatic heterocycles. The highest BCUT2D eigenvalue weighted by molar-refractivity contribution is 6.33. The third-order valence-corrected chi connectivity index (χ3v) is 3.29. The number of benzene rings is 2. The van der Waals surface area contributed by atoms with Crippen LogP contribution in [0.15, 0.2) is 48.5 Å². The maximum absolute atomic E-state index is 11.8. The fraction of sp³-hybridized carbons (Fsp3) is 0.0667. The molecule has 108 valence electrons. The summed E-state index contributed by atoms with van der Waals surface area (Å²) < 4.78 is 0. The van der Waals surface area contributed by atoms with Crippen molar-refractivity contribution in [2.24, 2.45) is 0 Å². The third-order valence-electron chi connectivity index (χ3n) is 2.71. The Labute approximate surface area is 132 Å². The van der Waals surface area contributed by atoms with Gasteiger partial charge >= 0.3 is 0 Å². The lowest BCUT2D eigenvalue weighted by Gasteiger charge is -2.08. The number of hydrazine groups is 1. The van der Waals surface area contributed by atoms with Crippen LogP contribution in [0.5, 0.6) is 0 Å². The largest absolute Gasteiger partial charge is 0.273 e. The first-order valence-corrected chi connectivity index (χ1v) is 6.90. The van der Waals surface area contributed by atoms with Gasteiger partial charge in [0.1, 0.15) is 0 Å². The van der Waals surface area contributed by atoms with Crippen molar-refractivity contribution in [3.63, 3.8) is 0 Å². The molecule has 2 aromatic rings. The van der Waals surface area contributed by atoms with Crippen molar-refractivity contribution < 1.29 is 9.59 Å². The summed E-state index contributed by atoms with van der Waals surface area (Å²) in [6, 6.07) is 13.5. The Morgan fingerprint density at radius 1 is 0.905 bits per heavy atom. The van der Waals surface area contributed by atoms with E-state index in [0.717, 1.165) is 5.56 Å². The first-order valence-electron chi connectivity index (χ1n) is 6.14. The number of hydrogen-bond donors (Lipinski definition) is 2. The van der Waals surface area contributed by atoms with Crippen LogP contribution in [0.3, 0.4) is 0 Å². The Balaban J connectivity index is 1.88. The molecule has 6 heteroatoms. The highest BCUT2D eigenvalue weighted by Gasteiger charge is 2.10. The number of rotatable bonds is 3. The van der Waals surface area contributed by atoms with Gasteiger partial charge in [-0.3, -0.25) is 20.4 Å². The van der Waals surface area contributed by atoms with E-state index in [9.17, 15) is 9.59 Å². The van der Waals surface area contributed by atoms with Crippen molar-refractivity contribution in [2.45, 2.75) is 6.42 Å². The SMILES string of the molecule is O=C(Cc1ccc(Cl)cc1)NNC(=O)c1ccccc1Cl. The van der Waals surface area contributed by atoms with E-state index in [-0.39, 0.29) is 12.3 Å². The first kappa shape index (κ1) is 15.4. The van der Waals surface area contributed by atoms with Crippen molar-refractivity contribution >= 4 is 35.0 Å². The van der Waals surface area contributed by atoms with Crippen LogP contribution < -0.4 is 10.9 Å². The highest BCUT2D eigenvalue weighted by Crippen LogP contribution is 2.14. The monoisotopic (exact) mass is 322 g/mol. The molecule has 0 aliphatic carbocycles. The van der Waals surface area contributed by atoms with Gasteiger partial charge in [-0.2, -0.15) is 0 Å². The number of hydrogen-bond acceptors (Lipinski definition) is 2. The molecule has 4 nitrogen and oxygen atoms in total. The molecule has 0 saturated carbocycles. The highest BCUT2D eigenvalue weighted by atomic mass is 35.5. The number of amides is 2. The summed E-state index contributed by atoms with van der Waals surface area (Å²) in [5.74, 6) is -0.803. The second kappa shape index (κ2) is 7.11. The quantitative estimate of drug-likeness (QED) is 0.853. The molecule has 0 aliphatic rings. The van der Waals surface area contributed by atoms with E-state index >= 15 is 0 Å². The van der Waals surface area contributed by atoms with E-state index in [0.29, 0.717) is 15.6 Å². The van der Waals surface area contributed by atoms with Crippen molar-refractivity contribution in [1.29, 1.82) is 0 Å². The van der Waals surface area contributed by atoms with Crippen LogP contribution in [-0.4, -0.2) is 11.8 Å². The maximum atomic E-state index is 11.8. The predicted molar refractivity (Wildman–Crippen MR) is 82.2 cm³/mol. The van der Waals surface area contributed by atoms with Gasteiger partial charge in [0.2, 0.25) is 5.91 Å². The summed E-state index contributed by atoms with van der Waals surface area (Å²) in [6.45, 7) is 0. The van der Waals surface area contributed by atoms with E-state index in [1.165, 1.54) is 0 Å². The van der Waals surface area contributed by atoms with Gasteiger partial charge in [0.05, 0.1) is 17.0 Å². The predicted octanol–water partition coefficient (Wildman–Crippen LogP) is 3.00. The van der Waals surface area contributed by atoms with E-state index in [1.54, 1.807) is 48.5 Å². The summed E-state index contributed by atoms with van der Waals surface area (Å²) in [7, 11) is 0. The minimum absolute atomic E-state index is 0.139. The summed E-state index contributed by atoms with van der Waals surface area (Å²) in [6.07, 6.45) is 0.139. The molecule has 2 amide bonds. The van der Waals surface area contributed by atoms with Crippen LogP contribution in [0.1, 0.15) is 15.9 Å². The number of nitrogens with one attached hydrogen (secondary N) is 2. The molecule has 0 fully saturated rings. The van der Waals surface area contributed by atoms with Crippen molar-refractivity contribution in [2.75, 3.05) is 0 Å². The second-order valence-electron chi connectivity index (χ2n) is 4.29. The molecule has 2 aromatic carbocycles. The van der Waals surface area contributed by atoms with Crippen LogP contribution in [0.2, 0.25) is 10.0 Å². The summed E-state index contributed by atoms with van der Waals surface area (Å²) in [5, 5.41) is 0.924. The van der Waals surface area contributed by atoms with Crippen LogP contribution in [-0.2, 0) is 11.2 Å². The molecular formula is C15H12Cl2N2O2. The van der Waals surface area contributed by atoms with E-state index in [1.807, 2.05) is 0 Å². The Kier molecular flexibility index (Phi) is 5.20. The number of halogens is 2. The molecule has 2 N–H and O–H groups in total. The molecule has 21 heavy (non-hydrogen) atoms. The Hall–Kier alpha value is -2.04. The van der Waals surface area contributed by atoms with Crippen LogP contribution in [0.25, 0.3) is 0 Å². The lowest BCUT2D eigenvalue weighted by Crippen LogP contribution is -2.42. The molecule has 2 rings (SSSR count). The summed E-state index contributed by atoms with van der Waals surface area (Å²) >= 11 is 11.7. The normalized spacial score (nSPS) is 10.0. The fourth-order valence-electron chi connectivity index (χ4n) is 1.67. The zero-order chi connectivity index (χ0) is 15.2. The maximum Gasteiger partial charge on any atom is 0.271 e. The van der Waals surface area contributed by atoms with Crippen LogP contribution in [0, 0.1) is 0 Å². The average molecular weight is 323 g/mol. The van der Waals surface area contributed by atoms with Gasteiger partial charge < -0.3 is 0 Å². The van der Waals surface area contributed by atoms with Crippen LogP contribution in [0.4, 0.5) is 0 Å². The zero-order valence-corrected chi connectivity index (χ0v) is 12.4. The lowest BCUT2D eigenvalue weighted by molar-refractivity contribution is -0.121. The molecule has 0 spiro atoms. The van der Waals surface area contributed by atoms with Crippen molar-refractivity contribution in [3.05, 3.63) is 69.7 Å². The number of carbonyl (C=O) groups excluding carboxylic acids is 2. The molecule has 0 bridgehead atoms. The van der Waals surface area contributed by atoms with Gasteiger partial charge in [-0.1, -0.05) is 47.5 Å². The topological polar surface area (TPSA) is 58.2 Å². The zero-order valence-electron chi connectivity index (χ0n) is 10.9. The molecule has 0 saturated heterocycles. The van der Waals surface area contributed by atoms with Gasteiger partial charge in [0.25, 0.3) is 5.91 Å². The fourth-order valence-corrected chi connectivity index (χ4v) is 2.02. The van der Waals surface area contributed by atoms with Gasteiger partial charge in [-0.25, -0.2) is 0 Å². The van der Waals surface area contributed by atoms with E-state index in [2.05, 4.69) is 10.9 Å².